The molecule has 0 fully saturated rings. The molecule has 1 aliphatic heterocycles. The largest absolute Gasteiger partial charge is 0.490 e. The first-order chi connectivity index (χ1) is 10.9. The second-order valence-electron chi connectivity index (χ2n) is 4.36. The molecule has 0 aromatic heterocycles. The quantitative estimate of drug-likeness (QED) is 0.418. The molecule has 1 aliphatic rings. The Morgan fingerprint density at radius 2 is 2.22 bits per heavy atom. The van der Waals surface area contributed by atoms with Gasteiger partial charge in [-0.25, -0.2) is 4.99 Å². The number of rotatable bonds is 4. The molecule has 0 radical (unpaired) electrons. The van der Waals surface area contributed by atoms with Crippen LogP contribution < -0.4 is 9.47 Å². The lowest BCUT2D eigenvalue weighted by Crippen LogP contribution is -2.05. The number of nitrogens with zero attached hydrogens (tertiary/aromatic N) is 1. The summed E-state index contributed by atoms with van der Waals surface area (Å²) < 4.78 is 12.0. The zero-order valence-corrected chi connectivity index (χ0v) is 15.9. The SMILES string of the molecule is CCOc1cc(/C=C2\N=C(SC)SC2=O)cc(Br)c1OC(C)=O. The van der Waals surface area contributed by atoms with E-state index in [9.17, 15) is 9.59 Å². The van der Waals surface area contributed by atoms with Gasteiger partial charge in [0, 0.05) is 6.92 Å². The molecule has 8 heteroatoms. The maximum absolute atomic E-state index is 11.9. The molecule has 1 heterocycles. The Kier molecular flexibility index (Phi) is 6.32. The normalized spacial score (nSPS) is 15.7. The van der Waals surface area contributed by atoms with Crippen LogP contribution in [0.2, 0.25) is 0 Å². The van der Waals surface area contributed by atoms with Crippen molar-refractivity contribution >= 4 is 61.0 Å². The smallest absolute Gasteiger partial charge is 0.308 e. The van der Waals surface area contributed by atoms with Crippen LogP contribution in [0.15, 0.2) is 27.3 Å². The third-order valence-corrected chi connectivity index (χ3v) is 5.10. The topological polar surface area (TPSA) is 65.0 Å². The maximum atomic E-state index is 11.9. The highest BCUT2D eigenvalue weighted by Crippen LogP contribution is 2.38. The van der Waals surface area contributed by atoms with Crippen LogP contribution in [0, 0.1) is 0 Å². The Morgan fingerprint density at radius 1 is 1.48 bits per heavy atom. The molecule has 0 spiro atoms. The molecule has 5 nitrogen and oxygen atoms in total. The third kappa shape index (κ3) is 4.62. The summed E-state index contributed by atoms with van der Waals surface area (Å²) in [7, 11) is 0. The number of aliphatic imine (C=N–C) groups is 1. The summed E-state index contributed by atoms with van der Waals surface area (Å²) in [6.07, 6.45) is 3.56. The number of benzene rings is 1. The third-order valence-electron chi connectivity index (χ3n) is 2.66. The van der Waals surface area contributed by atoms with Crippen molar-refractivity contribution in [2.45, 2.75) is 13.8 Å². The van der Waals surface area contributed by atoms with Crippen molar-refractivity contribution in [2.24, 2.45) is 4.99 Å². The van der Waals surface area contributed by atoms with Crippen molar-refractivity contribution in [3.63, 3.8) is 0 Å². The number of esters is 1. The second-order valence-corrected chi connectivity index (χ2v) is 7.23. The molecule has 0 N–H and O–H groups in total. The number of thioether (sulfide) groups is 2. The van der Waals surface area contributed by atoms with Crippen LogP contribution >= 0.6 is 39.5 Å². The minimum absolute atomic E-state index is 0.0903. The van der Waals surface area contributed by atoms with Gasteiger partial charge in [-0.15, -0.1) is 11.8 Å². The lowest BCUT2D eigenvalue weighted by Gasteiger charge is -2.12. The van der Waals surface area contributed by atoms with Gasteiger partial charge >= 0.3 is 5.97 Å². The lowest BCUT2D eigenvalue weighted by molar-refractivity contribution is -0.132. The first kappa shape index (κ1) is 18.1. The molecule has 2 rings (SSSR count). The molecule has 1 aromatic rings. The van der Waals surface area contributed by atoms with E-state index in [0.29, 0.717) is 28.3 Å². The highest BCUT2D eigenvalue weighted by molar-refractivity contribution is 9.10. The summed E-state index contributed by atoms with van der Waals surface area (Å²) in [5, 5.41) is -0.0903. The monoisotopic (exact) mass is 415 g/mol. The molecule has 0 aliphatic carbocycles. The number of ether oxygens (including phenoxy) is 2. The van der Waals surface area contributed by atoms with Crippen LogP contribution in [-0.2, 0) is 9.59 Å². The summed E-state index contributed by atoms with van der Waals surface area (Å²) in [4.78, 5) is 27.4. The number of carbonyl (C=O) groups excluding carboxylic acids is 2. The molecule has 0 saturated carbocycles. The minimum atomic E-state index is -0.436. The maximum Gasteiger partial charge on any atom is 0.308 e. The van der Waals surface area contributed by atoms with Crippen LogP contribution in [0.5, 0.6) is 11.5 Å². The molecular weight excluding hydrogens is 402 g/mol. The van der Waals surface area contributed by atoms with E-state index in [1.807, 2.05) is 13.2 Å². The molecule has 0 unspecified atom stereocenters. The molecule has 122 valence electrons. The summed E-state index contributed by atoms with van der Waals surface area (Å²) >= 11 is 5.92. The predicted octanol–water partition coefficient (Wildman–Crippen LogP) is 4.11. The van der Waals surface area contributed by atoms with Crippen LogP contribution in [0.25, 0.3) is 6.08 Å². The van der Waals surface area contributed by atoms with E-state index in [0.717, 1.165) is 21.7 Å². The molecule has 23 heavy (non-hydrogen) atoms. The van der Waals surface area contributed by atoms with Gasteiger partial charge in [-0.1, -0.05) is 0 Å². The average Bonchev–Trinajstić information content (AvgIpc) is 2.83. The number of carbonyl (C=O) groups is 2. The van der Waals surface area contributed by atoms with Crippen molar-refractivity contribution in [3.05, 3.63) is 27.9 Å². The Hall–Kier alpha value is -1.25. The van der Waals surface area contributed by atoms with Gasteiger partial charge in [0.15, 0.2) is 11.5 Å². The van der Waals surface area contributed by atoms with Crippen LogP contribution in [0.3, 0.4) is 0 Å². The van der Waals surface area contributed by atoms with Crippen molar-refractivity contribution in [1.82, 2.24) is 0 Å². The standard InChI is InChI=1S/C15H14BrNO4S2/c1-4-20-12-7-9(5-10(16)13(12)21-8(2)18)6-11-14(19)23-15(17-11)22-3/h5-7H,4H2,1-3H3/b11-6-. The lowest BCUT2D eigenvalue weighted by atomic mass is 10.1. The van der Waals surface area contributed by atoms with Gasteiger partial charge in [0.1, 0.15) is 10.1 Å². The zero-order valence-electron chi connectivity index (χ0n) is 12.7. The van der Waals surface area contributed by atoms with E-state index in [1.165, 1.54) is 18.7 Å². The van der Waals surface area contributed by atoms with E-state index >= 15 is 0 Å². The van der Waals surface area contributed by atoms with Crippen molar-refractivity contribution in [3.8, 4) is 11.5 Å². The molecule has 0 saturated heterocycles. The van der Waals surface area contributed by atoms with Crippen LogP contribution in [-0.4, -0.2) is 28.3 Å². The van der Waals surface area contributed by atoms with E-state index in [-0.39, 0.29) is 5.12 Å². The predicted molar refractivity (Wildman–Crippen MR) is 98.1 cm³/mol. The molecule has 0 bridgehead atoms. The Bertz CT molecular complexity index is 716. The highest BCUT2D eigenvalue weighted by Gasteiger charge is 2.22. The average molecular weight is 416 g/mol. The van der Waals surface area contributed by atoms with Gasteiger partial charge in [0.2, 0.25) is 5.12 Å². The molecular formula is C15H14BrNO4S2. The Balaban J connectivity index is 2.43. The van der Waals surface area contributed by atoms with E-state index in [2.05, 4.69) is 20.9 Å². The van der Waals surface area contributed by atoms with Gasteiger partial charge in [-0.05, 0) is 64.6 Å². The Labute approximate surface area is 151 Å². The summed E-state index contributed by atoms with van der Waals surface area (Å²) in [6, 6.07) is 3.46. The van der Waals surface area contributed by atoms with Gasteiger partial charge < -0.3 is 9.47 Å². The highest BCUT2D eigenvalue weighted by atomic mass is 79.9. The van der Waals surface area contributed by atoms with E-state index in [4.69, 9.17) is 9.47 Å². The minimum Gasteiger partial charge on any atom is -0.490 e. The Morgan fingerprint density at radius 3 is 2.78 bits per heavy atom. The van der Waals surface area contributed by atoms with E-state index in [1.54, 1.807) is 18.2 Å². The summed E-state index contributed by atoms with van der Waals surface area (Å²) in [5.74, 6) is 0.312. The fourth-order valence-electron chi connectivity index (χ4n) is 1.81. The second kappa shape index (κ2) is 8.03. The van der Waals surface area contributed by atoms with E-state index < -0.39 is 5.97 Å². The number of hydrogen-bond acceptors (Lipinski definition) is 7. The van der Waals surface area contributed by atoms with Gasteiger partial charge in [-0.3, -0.25) is 9.59 Å². The zero-order chi connectivity index (χ0) is 17.0. The van der Waals surface area contributed by atoms with Crippen molar-refractivity contribution in [2.75, 3.05) is 12.9 Å². The van der Waals surface area contributed by atoms with Crippen LogP contribution in [0.4, 0.5) is 0 Å². The van der Waals surface area contributed by atoms with Gasteiger partial charge in [0.25, 0.3) is 0 Å². The fourth-order valence-corrected chi connectivity index (χ4v) is 3.61. The summed E-state index contributed by atoms with van der Waals surface area (Å²) in [5.41, 5.74) is 1.11. The first-order valence-corrected chi connectivity index (χ1v) is 9.49. The first-order valence-electron chi connectivity index (χ1n) is 6.66. The molecule has 0 atom stereocenters. The van der Waals surface area contributed by atoms with Gasteiger partial charge in [0.05, 0.1) is 11.1 Å². The van der Waals surface area contributed by atoms with Gasteiger partial charge in [-0.2, -0.15) is 0 Å². The number of hydrogen-bond donors (Lipinski definition) is 0. The molecule has 0 amide bonds. The van der Waals surface area contributed by atoms with Crippen molar-refractivity contribution < 1.29 is 19.1 Å². The van der Waals surface area contributed by atoms with Crippen LogP contribution in [0.1, 0.15) is 19.4 Å². The number of halogens is 1. The molecule has 1 aromatic carbocycles. The summed E-state index contributed by atoms with van der Waals surface area (Å²) in [6.45, 7) is 3.58. The van der Waals surface area contributed by atoms with Crippen molar-refractivity contribution in [1.29, 1.82) is 0 Å². The fraction of sp³-hybridized carbons (Fsp3) is 0.267.